The van der Waals surface area contributed by atoms with E-state index in [1.54, 1.807) is 0 Å². The van der Waals surface area contributed by atoms with E-state index < -0.39 is 5.54 Å². The van der Waals surface area contributed by atoms with Crippen molar-refractivity contribution in [1.29, 1.82) is 0 Å². The molecule has 1 heterocycles. The molecule has 3 fully saturated rings. The van der Waals surface area contributed by atoms with Crippen molar-refractivity contribution in [2.45, 2.75) is 63.5 Å². The summed E-state index contributed by atoms with van der Waals surface area (Å²) in [5.74, 6) is 1.60. The Morgan fingerprint density at radius 1 is 1.20 bits per heavy atom. The van der Waals surface area contributed by atoms with Crippen LogP contribution in [-0.4, -0.2) is 42.0 Å². The molecule has 0 radical (unpaired) electrons. The largest absolute Gasteiger partial charge is 0.368 e. The number of likely N-dealkylation sites (tertiary alicyclic amines) is 1. The Morgan fingerprint density at radius 2 is 1.90 bits per heavy atom. The molecule has 3 rings (SSSR count). The van der Waals surface area contributed by atoms with Gasteiger partial charge in [0.2, 0.25) is 5.91 Å². The third kappa shape index (κ3) is 3.17. The lowest BCUT2D eigenvalue weighted by atomic mass is 9.75. The van der Waals surface area contributed by atoms with E-state index in [0.717, 1.165) is 24.9 Å². The maximum absolute atomic E-state index is 11.9. The molecule has 1 saturated heterocycles. The first kappa shape index (κ1) is 14.3. The first-order valence-electron chi connectivity index (χ1n) is 8.37. The third-order valence-corrected chi connectivity index (χ3v) is 5.56. The van der Waals surface area contributed by atoms with Crippen molar-refractivity contribution in [2.24, 2.45) is 17.6 Å². The number of hydrogen-bond donors (Lipinski definition) is 2. The van der Waals surface area contributed by atoms with Crippen molar-refractivity contribution >= 4 is 5.91 Å². The highest BCUT2D eigenvalue weighted by molar-refractivity contribution is 5.84. The molecule has 4 nitrogen and oxygen atoms in total. The number of carbonyl (C=O) groups is 1. The minimum absolute atomic E-state index is 0.199. The van der Waals surface area contributed by atoms with Crippen LogP contribution in [0.15, 0.2) is 0 Å². The van der Waals surface area contributed by atoms with E-state index in [4.69, 9.17) is 5.73 Å². The van der Waals surface area contributed by atoms with Gasteiger partial charge in [0.25, 0.3) is 0 Å². The van der Waals surface area contributed by atoms with E-state index in [-0.39, 0.29) is 5.91 Å². The minimum atomic E-state index is -0.553. The molecule has 3 N–H and O–H groups in total. The maximum Gasteiger partial charge on any atom is 0.238 e. The van der Waals surface area contributed by atoms with Gasteiger partial charge >= 0.3 is 0 Å². The van der Waals surface area contributed by atoms with E-state index in [0.29, 0.717) is 6.04 Å². The van der Waals surface area contributed by atoms with Crippen molar-refractivity contribution < 1.29 is 4.79 Å². The van der Waals surface area contributed by atoms with Gasteiger partial charge in [-0.25, -0.2) is 0 Å². The average Bonchev–Trinajstić information content (AvgIpc) is 3.22. The quantitative estimate of drug-likeness (QED) is 0.802. The third-order valence-electron chi connectivity index (χ3n) is 5.56. The van der Waals surface area contributed by atoms with Gasteiger partial charge in [0.15, 0.2) is 0 Å². The highest BCUT2D eigenvalue weighted by atomic mass is 16.1. The Balaban J connectivity index is 1.59. The molecule has 1 aliphatic heterocycles. The molecule has 4 heteroatoms. The van der Waals surface area contributed by atoms with Crippen LogP contribution in [0.3, 0.4) is 0 Å². The van der Waals surface area contributed by atoms with Crippen LogP contribution in [0.5, 0.6) is 0 Å². The standard InChI is InChI=1S/C16H29N3O/c1-16(15(17)20,18-14-6-7-14)11-19-9-8-12-4-2-3-5-13(12)10-19/h12-14,18H,2-11H2,1H3,(H2,17,20). The van der Waals surface area contributed by atoms with Gasteiger partial charge in [-0.3, -0.25) is 10.1 Å². The monoisotopic (exact) mass is 279 g/mol. The van der Waals surface area contributed by atoms with Crippen LogP contribution in [0.25, 0.3) is 0 Å². The van der Waals surface area contributed by atoms with Crippen molar-refractivity contribution in [3.05, 3.63) is 0 Å². The van der Waals surface area contributed by atoms with Gasteiger partial charge in [-0.2, -0.15) is 0 Å². The van der Waals surface area contributed by atoms with Crippen LogP contribution in [0, 0.1) is 11.8 Å². The average molecular weight is 279 g/mol. The van der Waals surface area contributed by atoms with Gasteiger partial charge in [0.1, 0.15) is 5.54 Å². The van der Waals surface area contributed by atoms with Crippen LogP contribution in [0.2, 0.25) is 0 Å². The Morgan fingerprint density at radius 3 is 2.55 bits per heavy atom. The normalized spacial score (nSPS) is 34.2. The summed E-state index contributed by atoms with van der Waals surface area (Å²) in [6.45, 7) is 5.07. The summed E-state index contributed by atoms with van der Waals surface area (Å²) in [4.78, 5) is 14.4. The Kier molecular flexibility index (Phi) is 4.04. The summed E-state index contributed by atoms with van der Waals surface area (Å²) in [5.41, 5.74) is 5.11. The van der Waals surface area contributed by atoms with E-state index in [1.165, 1.54) is 51.5 Å². The molecule has 0 aromatic rings. The summed E-state index contributed by atoms with van der Waals surface area (Å²) in [6.07, 6.45) is 9.30. The van der Waals surface area contributed by atoms with E-state index in [9.17, 15) is 4.79 Å². The fraction of sp³-hybridized carbons (Fsp3) is 0.938. The molecule has 0 spiro atoms. The summed E-state index contributed by atoms with van der Waals surface area (Å²) in [5, 5.41) is 3.47. The van der Waals surface area contributed by atoms with Crippen molar-refractivity contribution in [3.63, 3.8) is 0 Å². The van der Waals surface area contributed by atoms with Crippen LogP contribution in [0.4, 0.5) is 0 Å². The van der Waals surface area contributed by atoms with Crippen LogP contribution < -0.4 is 11.1 Å². The summed E-state index contributed by atoms with van der Waals surface area (Å²) in [7, 11) is 0. The molecule has 3 unspecified atom stereocenters. The van der Waals surface area contributed by atoms with E-state index in [1.807, 2.05) is 6.92 Å². The lowest BCUT2D eigenvalue weighted by molar-refractivity contribution is -0.125. The molecular formula is C16H29N3O. The summed E-state index contributed by atoms with van der Waals surface area (Å²) < 4.78 is 0. The first-order valence-corrected chi connectivity index (χ1v) is 8.37. The van der Waals surface area contributed by atoms with E-state index >= 15 is 0 Å². The SMILES string of the molecule is CC(CN1CCC2CCCCC2C1)(NC1CC1)C(N)=O. The molecule has 1 amide bonds. The zero-order chi connectivity index (χ0) is 14.2. The molecule has 3 aliphatic rings. The Labute approximate surface area is 122 Å². The second-order valence-corrected chi connectivity index (χ2v) is 7.44. The zero-order valence-corrected chi connectivity index (χ0v) is 12.7. The van der Waals surface area contributed by atoms with Crippen molar-refractivity contribution in [2.75, 3.05) is 19.6 Å². The number of fused-ring (bicyclic) bond motifs is 1. The smallest absolute Gasteiger partial charge is 0.238 e. The Bertz CT molecular complexity index is 369. The number of carbonyl (C=O) groups excluding carboxylic acids is 1. The zero-order valence-electron chi connectivity index (χ0n) is 12.7. The van der Waals surface area contributed by atoms with Gasteiger partial charge in [0, 0.05) is 19.1 Å². The van der Waals surface area contributed by atoms with Crippen LogP contribution >= 0.6 is 0 Å². The predicted octanol–water partition coefficient (Wildman–Crippen LogP) is 1.49. The maximum atomic E-state index is 11.9. The topological polar surface area (TPSA) is 58.4 Å². The number of amides is 1. The van der Waals surface area contributed by atoms with Crippen LogP contribution in [-0.2, 0) is 4.79 Å². The van der Waals surface area contributed by atoms with Gasteiger partial charge in [-0.05, 0) is 51.0 Å². The molecule has 114 valence electrons. The molecular weight excluding hydrogens is 250 g/mol. The fourth-order valence-corrected chi connectivity index (χ4v) is 4.14. The number of piperidine rings is 1. The lowest BCUT2D eigenvalue weighted by Crippen LogP contribution is -2.61. The van der Waals surface area contributed by atoms with Crippen molar-refractivity contribution in [3.8, 4) is 0 Å². The number of hydrogen-bond acceptors (Lipinski definition) is 3. The van der Waals surface area contributed by atoms with E-state index in [2.05, 4.69) is 10.2 Å². The summed E-state index contributed by atoms with van der Waals surface area (Å²) in [6, 6.07) is 0.514. The number of rotatable bonds is 5. The number of nitrogens with one attached hydrogen (secondary N) is 1. The van der Waals surface area contributed by atoms with Crippen LogP contribution in [0.1, 0.15) is 51.9 Å². The summed E-state index contributed by atoms with van der Waals surface area (Å²) >= 11 is 0. The number of primary amides is 1. The molecule has 0 aromatic carbocycles. The van der Waals surface area contributed by atoms with Crippen molar-refractivity contribution in [1.82, 2.24) is 10.2 Å². The molecule has 0 bridgehead atoms. The van der Waals surface area contributed by atoms with Gasteiger partial charge in [-0.15, -0.1) is 0 Å². The highest BCUT2D eigenvalue weighted by Gasteiger charge is 2.40. The molecule has 3 atom stereocenters. The number of nitrogens with zero attached hydrogens (tertiary/aromatic N) is 1. The van der Waals surface area contributed by atoms with Gasteiger partial charge in [0.05, 0.1) is 0 Å². The second kappa shape index (κ2) is 5.64. The fourth-order valence-electron chi connectivity index (χ4n) is 4.14. The van der Waals surface area contributed by atoms with Gasteiger partial charge in [-0.1, -0.05) is 19.3 Å². The first-order chi connectivity index (χ1) is 9.57. The lowest BCUT2D eigenvalue weighted by Gasteiger charge is -2.44. The number of nitrogens with two attached hydrogens (primary N) is 1. The molecule has 2 saturated carbocycles. The van der Waals surface area contributed by atoms with Gasteiger partial charge < -0.3 is 10.6 Å². The Hall–Kier alpha value is -0.610. The second-order valence-electron chi connectivity index (χ2n) is 7.44. The highest BCUT2D eigenvalue weighted by Crippen LogP contribution is 2.36. The molecule has 0 aromatic heterocycles. The predicted molar refractivity (Wildman–Crippen MR) is 80.3 cm³/mol. The molecule has 20 heavy (non-hydrogen) atoms. The minimum Gasteiger partial charge on any atom is -0.368 e. The molecule has 2 aliphatic carbocycles.